The van der Waals surface area contributed by atoms with Crippen LogP contribution < -0.4 is 4.74 Å². The number of aliphatic carboxylic acids is 1. The van der Waals surface area contributed by atoms with Crippen molar-refractivity contribution in [2.24, 2.45) is 0 Å². The molecule has 0 bridgehead atoms. The van der Waals surface area contributed by atoms with Gasteiger partial charge in [-0.05, 0) is 46.4 Å². The van der Waals surface area contributed by atoms with Gasteiger partial charge in [-0.15, -0.1) is 0 Å². The number of hydrogen-bond acceptors (Lipinski definition) is 4. The van der Waals surface area contributed by atoms with E-state index in [4.69, 9.17) is 15.1 Å². The van der Waals surface area contributed by atoms with Gasteiger partial charge in [0, 0.05) is 0 Å². The molecule has 0 aliphatic heterocycles. The Morgan fingerprint density at radius 2 is 2.24 bits per heavy atom. The number of nitriles is 1. The normalized spacial score (nSPS) is 10.8. The Morgan fingerprint density at radius 1 is 1.59 bits per heavy atom. The molecule has 1 aromatic carbocycles. The fourth-order valence-corrected chi connectivity index (χ4v) is 1.77. The van der Waals surface area contributed by atoms with E-state index in [0.29, 0.717) is 9.13 Å². The summed E-state index contributed by atoms with van der Waals surface area (Å²) in [5.74, 6) is -1.08. The van der Waals surface area contributed by atoms with Gasteiger partial charge in [0.05, 0.1) is 10.7 Å². The van der Waals surface area contributed by atoms with E-state index >= 15 is 0 Å². The first-order chi connectivity index (χ1) is 7.99. The molecule has 0 aliphatic carbocycles. The van der Waals surface area contributed by atoms with E-state index < -0.39 is 5.97 Å². The first-order valence-electron chi connectivity index (χ1n) is 4.41. The highest BCUT2D eigenvalue weighted by molar-refractivity contribution is 14.1. The lowest BCUT2D eigenvalue weighted by Crippen LogP contribution is -1.97. The third-order valence-electron chi connectivity index (χ3n) is 1.93. The molecule has 0 saturated carbocycles. The summed E-state index contributed by atoms with van der Waals surface area (Å²) in [6.45, 7) is 0. The van der Waals surface area contributed by atoms with Crippen LogP contribution in [0, 0.1) is 14.9 Å². The first kappa shape index (κ1) is 13.3. The highest BCUT2D eigenvalue weighted by Gasteiger charge is 2.10. The molecule has 0 saturated heterocycles. The fraction of sp³-hybridized carbons (Fsp3) is 0.0909. The molecule has 0 spiro atoms. The minimum absolute atomic E-state index is 0.0147. The second kappa shape index (κ2) is 5.54. The number of ether oxygens (including phenoxy) is 1. The van der Waals surface area contributed by atoms with Crippen LogP contribution in [0.1, 0.15) is 5.56 Å². The lowest BCUT2D eigenvalue weighted by atomic mass is 10.1. The van der Waals surface area contributed by atoms with Crippen LogP contribution in [0.15, 0.2) is 17.7 Å². The van der Waals surface area contributed by atoms with E-state index in [9.17, 15) is 9.90 Å². The molecular weight excluding hydrogens is 337 g/mol. The molecule has 1 aromatic rings. The molecule has 0 radical (unpaired) electrons. The van der Waals surface area contributed by atoms with Crippen molar-refractivity contribution < 1.29 is 19.7 Å². The van der Waals surface area contributed by atoms with Gasteiger partial charge in [-0.1, -0.05) is 0 Å². The minimum atomic E-state index is -1.30. The zero-order chi connectivity index (χ0) is 13.0. The summed E-state index contributed by atoms with van der Waals surface area (Å²) in [6.07, 6.45) is 1.21. The van der Waals surface area contributed by atoms with E-state index in [1.54, 1.807) is 12.1 Å². The molecule has 0 aromatic heterocycles. The number of hydrogen-bond donors (Lipinski definition) is 2. The van der Waals surface area contributed by atoms with Crippen molar-refractivity contribution >= 4 is 34.6 Å². The Balaban J connectivity index is 3.30. The average Bonchev–Trinajstić information content (AvgIpc) is 2.29. The van der Waals surface area contributed by atoms with Crippen molar-refractivity contribution in [1.82, 2.24) is 0 Å². The zero-order valence-electron chi connectivity index (χ0n) is 8.77. The van der Waals surface area contributed by atoms with Gasteiger partial charge in [-0.3, -0.25) is 0 Å². The largest absolute Gasteiger partial charge is 0.504 e. The molecule has 6 heteroatoms. The van der Waals surface area contributed by atoms with Crippen molar-refractivity contribution in [1.29, 1.82) is 5.26 Å². The van der Waals surface area contributed by atoms with Gasteiger partial charge in [0.2, 0.25) is 0 Å². The van der Waals surface area contributed by atoms with E-state index in [-0.39, 0.29) is 17.1 Å². The SMILES string of the molecule is COc1cc(/C=C(/C#N)C(=O)O)cc(I)c1O. The highest BCUT2D eigenvalue weighted by Crippen LogP contribution is 2.33. The molecule has 0 unspecified atom stereocenters. The van der Waals surface area contributed by atoms with Crippen LogP contribution in [0.3, 0.4) is 0 Å². The quantitative estimate of drug-likeness (QED) is 0.497. The van der Waals surface area contributed by atoms with Crippen LogP contribution >= 0.6 is 22.6 Å². The number of carbonyl (C=O) groups is 1. The number of halogens is 1. The Morgan fingerprint density at radius 3 is 2.71 bits per heavy atom. The Kier molecular flexibility index (Phi) is 4.34. The smallest absolute Gasteiger partial charge is 0.346 e. The molecule has 88 valence electrons. The molecule has 1 rings (SSSR count). The lowest BCUT2D eigenvalue weighted by molar-refractivity contribution is -0.132. The van der Waals surface area contributed by atoms with Crippen LogP contribution in [0.5, 0.6) is 11.5 Å². The van der Waals surface area contributed by atoms with Crippen molar-refractivity contribution in [2.75, 3.05) is 7.11 Å². The summed E-state index contributed by atoms with van der Waals surface area (Å²) in [6, 6.07) is 4.59. The molecular formula is C11H8INO4. The third-order valence-corrected chi connectivity index (χ3v) is 2.75. The number of rotatable bonds is 3. The summed E-state index contributed by atoms with van der Waals surface area (Å²) in [5.41, 5.74) is 0.0940. The number of nitrogens with zero attached hydrogens (tertiary/aromatic N) is 1. The van der Waals surface area contributed by atoms with Gasteiger partial charge >= 0.3 is 5.97 Å². The van der Waals surface area contributed by atoms with Gasteiger partial charge in [-0.25, -0.2) is 4.79 Å². The summed E-state index contributed by atoms with van der Waals surface area (Å²) in [7, 11) is 1.39. The number of carboxylic acid groups (broad SMARTS) is 1. The lowest BCUT2D eigenvalue weighted by Gasteiger charge is -2.06. The van der Waals surface area contributed by atoms with Crippen LogP contribution in [-0.4, -0.2) is 23.3 Å². The fourth-order valence-electron chi connectivity index (χ4n) is 1.14. The number of carboxylic acids is 1. The number of phenolic OH excluding ortho intramolecular Hbond substituents is 1. The molecule has 2 N–H and O–H groups in total. The monoisotopic (exact) mass is 345 g/mol. The van der Waals surface area contributed by atoms with E-state index in [2.05, 4.69) is 0 Å². The topological polar surface area (TPSA) is 90.5 Å². The molecule has 17 heavy (non-hydrogen) atoms. The standard InChI is InChI=1S/C11H8INO4/c1-17-9-4-6(3-8(12)10(9)14)2-7(5-13)11(15)16/h2-4,14H,1H3,(H,15,16)/b7-2-. The maximum absolute atomic E-state index is 10.7. The molecule has 0 atom stereocenters. The predicted octanol–water partition coefficient (Wildman–Crippen LogP) is 2.00. The van der Waals surface area contributed by atoms with Gasteiger partial charge < -0.3 is 14.9 Å². The summed E-state index contributed by atoms with van der Waals surface area (Å²) < 4.78 is 5.44. The van der Waals surface area contributed by atoms with Gasteiger partial charge in [-0.2, -0.15) is 5.26 Å². The highest BCUT2D eigenvalue weighted by atomic mass is 127. The summed E-state index contributed by atoms with van der Waals surface area (Å²) >= 11 is 1.89. The first-order valence-corrected chi connectivity index (χ1v) is 5.49. The van der Waals surface area contributed by atoms with E-state index in [0.717, 1.165) is 0 Å². The molecule has 0 fully saturated rings. The second-order valence-corrected chi connectivity index (χ2v) is 4.19. The predicted molar refractivity (Wildman–Crippen MR) is 68.6 cm³/mol. The van der Waals surface area contributed by atoms with Crippen LogP contribution in [-0.2, 0) is 4.79 Å². The van der Waals surface area contributed by atoms with Gasteiger partial charge in [0.1, 0.15) is 11.6 Å². The molecule has 0 aliphatic rings. The Hall–Kier alpha value is -1.75. The Bertz CT molecular complexity index is 531. The van der Waals surface area contributed by atoms with Crippen LogP contribution in [0.25, 0.3) is 6.08 Å². The number of benzene rings is 1. The number of aromatic hydroxyl groups is 1. The molecule has 0 heterocycles. The summed E-state index contributed by atoms with van der Waals surface area (Å²) in [4.78, 5) is 10.7. The number of phenols is 1. The maximum Gasteiger partial charge on any atom is 0.346 e. The summed E-state index contributed by atoms with van der Waals surface area (Å²) in [5, 5.41) is 26.9. The number of methoxy groups -OCH3 is 1. The van der Waals surface area contributed by atoms with Crippen molar-refractivity contribution in [3.63, 3.8) is 0 Å². The second-order valence-electron chi connectivity index (χ2n) is 3.03. The van der Waals surface area contributed by atoms with E-state index in [1.165, 1.54) is 19.3 Å². The third kappa shape index (κ3) is 3.10. The Labute approximate surface area is 111 Å². The van der Waals surface area contributed by atoms with Crippen LogP contribution in [0.2, 0.25) is 0 Å². The van der Waals surface area contributed by atoms with Crippen molar-refractivity contribution in [2.45, 2.75) is 0 Å². The average molecular weight is 345 g/mol. The molecule has 5 nitrogen and oxygen atoms in total. The van der Waals surface area contributed by atoms with Crippen LogP contribution in [0.4, 0.5) is 0 Å². The van der Waals surface area contributed by atoms with Crippen molar-refractivity contribution in [3.8, 4) is 17.6 Å². The maximum atomic E-state index is 10.7. The van der Waals surface area contributed by atoms with Crippen molar-refractivity contribution in [3.05, 3.63) is 26.8 Å². The van der Waals surface area contributed by atoms with E-state index in [1.807, 2.05) is 22.6 Å². The zero-order valence-corrected chi connectivity index (χ0v) is 10.9. The minimum Gasteiger partial charge on any atom is -0.504 e. The van der Waals surface area contributed by atoms with Gasteiger partial charge in [0.25, 0.3) is 0 Å². The molecule has 0 amide bonds. The van der Waals surface area contributed by atoms with Gasteiger partial charge in [0.15, 0.2) is 11.5 Å².